The largest absolute Gasteiger partial charge is 0.397 e. The molecule has 0 fully saturated rings. The molecule has 0 heterocycles. The lowest BCUT2D eigenvalue weighted by Gasteiger charge is -2.09. The summed E-state index contributed by atoms with van der Waals surface area (Å²) in [5.41, 5.74) is 7.11. The molecule has 0 saturated carbocycles. The minimum absolute atomic E-state index is 0.108. The Morgan fingerprint density at radius 2 is 2.10 bits per heavy atom. The van der Waals surface area contributed by atoms with Crippen LogP contribution in [0.1, 0.15) is 5.56 Å². The molecule has 0 aliphatic rings. The molecule has 0 atom stereocenters. The second-order valence-electron chi connectivity index (χ2n) is 4.40. The third-order valence-electron chi connectivity index (χ3n) is 2.68. The number of amides is 1. The van der Waals surface area contributed by atoms with Crippen LogP contribution in [0.5, 0.6) is 0 Å². The van der Waals surface area contributed by atoms with Crippen LogP contribution < -0.4 is 11.1 Å². The first kappa shape index (κ1) is 15.5. The maximum atomic E-state index is 12.9. The highest BCUT2D eigenvalue weighted by molar-refractivity contribution is 9.10. The molecule has 0 radical (unpaired) electrons. The van der Waals surface area contributed by atoms with Crippen molar-refractivity contribution in [2.24, 2.45) is 0 Å². The summed E-state index contributed by atoms with van der Waals surface area (Å²) >= 11 is 3.36. The van der Waals surface area contributed by atoms with E-state index in [1.165, 1.54) is 12.1 Å². The van der Waals surface area contributed by atoms with Crippen molar-refractivity contribution in [3.8, 4) is 0 Å². The lowest BCUT2D eigenvalue weighted by Crippen LogP contribution is -2.19. The number of nitrogens with two attached hydrogens (primary N) is 1. The number of ether oxygens (including phenoxy) is 1. The zero-order valence-electron chi connectivity index (χ0n) is 11.1. The SMILES string of the molecule is Nc1cc(F)ccc1NC(=O)COCc1cccc(Br)c1. The normalized spacial score (nSPS) is 10.4. The fraction of sp³-hybridized carbons (Fsp3) is 0.133. The first-order valence-corrected chi connectivity index (χ1v) is 7.01. The van der Waals surface area contributed by atoms with Gasteiger partial charge in [-0.1, -0.05) is 28.1 Å². The number of anilines is 2. The van der Waals surface area contributed by atoms with Gasteiger partial charge in [0, 0.05) is 4.47 Å². The lowest BCUT2D eigenvalue weighted by molar-refractivity contribution is -0.121. The molecule has 1 amide bonds. The van der Waals surface area contributed by atoms with E-state index in [2.05, 4.69) is 21.2 Å². The van der Waals surface area contributed by atoms with Gasteiger partial charge in [0.15, 0.2) is 0 Å². The molecular formula is C15H14BrFN2O2. The van der Waals surface area contributed by atoms with E-state index < -0.39 is 5.82 Å². The molecule has 110 valence electrons. The number of hydrogen-bond donors (Lipinski definition) is 2. The average Bonchev–Trinajstić information content (AvgIpc) is 2.42. The Hall–Kier alpha value is -1.92. The summed E-state index contributed by atoms with van der Waals surface area (Å²) in [6, 6.07) is 11.4. The van der Waals surface area contributed by atoms with Gasteiger partial charge in [0.05, 0.1) is 18.0 Å². The zero-order chi connectivity index (χ0) is 15.2. The van der Waals surface area contributed by atoms with Crippen molar-refractivity contribution >= 4 is 33.2 Å². The number of rotatable bonds is 5. The van der Waals surface area contributed by atoms with Gasteiger partial charge in [0.1, 0.15) is 12.4 Å². The van der Waals surface area contributed by atoms with Gasteiger partial charge in [-0.05, 0) is 35.9 Å². The van der Waals surface area contributed by atoms with Crippen molar-refractivity contribution < 1.29 is 13.9 Å². The van der Waals surface area contributed by atoms with Crippen LogP contribution in [0.4, 0.5) is 15.8 Å². The van der Waals surface area contributed by atoms with Crippen LogP contribution >= 0.6 is 15.9 Å². The Bertz CT molecular complexity index is 649. The minimum atomic E-state index is -0.448. The molecule has 0 aromatic heterocycles. The summed E-state index contributed by atoms with van der Waals surface area (Å²) < 4.78 is 19.2. The predicted octanol–water partition coefficient (Wildman–Crippen LogP) is 3.33. The molecule has 21 heavy (non-hydrogen) atoms. The number of nitrogen functional groups attached to an aromatic ring is 1. The van der Waals surface area contributed by atoms with Crippen molar-refractivity contribution in [3.63, 3.8) is 0 Å². The second-order valence-corrected chi connectivity index (χ2v) is 5.32. The maximum Gasteiger partial charge on any atom is 0.250 e. The highest BCUT2D eigenvalue weighted by Crippen LogP contribution is 2.19. The van der Waals surface area contributed by atoms with E-state index in [0.29, 0.717) is 12.3 Å². The third kappa shape index (κ3) is 4.84. The first-order valence-electron chi connectivity index (χ1n) is 6.21. The Kier molecular flexibility index (Phi) is 5.30. The van der Waals surface area contributed by atoms with Crippen molar-refractivity contribution in [1.29, 1.82) is 0 Å². The molecule has 2 aromatic carbocycles. The predicted molar refractivity (Wildman–Crippen MR) is 83.2 cm³/mol. The highest BCUT2D eigenvalue weighted by Gasteiger charge is 2.06. The fourth-order valence-corrected chi connectivity index (χ4v) is 2.17. The van der Waals surface area contributed by atoms with Crippen molar-refractivity contribution in [1.82, 2.24) is 0 Å². The van der Waals surface area contributed by atoms with Crippen LogP contribution in [0.2, 0.25) is 0 Å². The number of nitrogens with one attached hydrogen (secondary N) is 1. The zero-order valence-corrected chi connectivity index (χ0v) is 12.7. The van der Waals surface area contributed by atoms with Gasteiger partial charge in [0.25, 0.3) is 0 Å². The molecule has 2 rings (SSSR count). The van der Waals surface area contributed by atoms with Gasteiger partial charge in [-0.15, -0.1) is 0 Å². The van der Waals surface area contributed by atoms with Crippen molar-refractivity contribution in [2.75, 3.05) is 17.7 Å². The number of hydrogen-bond acceptors (Lipinski definition) is 3. The number of carbonyl (C=O) groups excluding carboxylic acids is 1. The van der Waals surface area contributed by atoms with Crippen LogP contribution in [-0.4, -0.2) is 12.5 Å². The van der Waals surface area contributed by atoms with Crippen LogP contribution in [0.25, 0.3) is 0 Å². The van der Waals surface area contributed by atoms with Crippen molar-refractivity contribution in [2.45, 2.75) is 6.61 Å². The van der Waals surface area contributed by atoms with Crippen LogP contribution in [0.15, 0.2) is 46.9 Å². The first-order chi connectivity index (χ1) is 10.0. The molecule has 6 heteroatoms. The summed E-state index contributed by atoms with van der Waals surface area (Å²) in [7, 11) is 0. The standard InChI is InChI=1S/C15H14BrFN2O2/c16-11-3-1-2-10(6-11)8-21-9-15(20)19-14-5-4-12(17)7-13(14)18/h1-7H,8-9,18H2,(H,19,20). The molecule has 0 aliphatic heterocycles. The van der Waals surface area contributed by atoms with Crippen LogP contribution in [0.3, 0.4) is 0 Å². The molecule has 0 bridgehead atoms. The van der Waals surface area contributed by atoms with E-state index in [-0.39, 0.29) is 18.2 Å². The summed E-state index contributed by atoms with van der Waals surface area (Å²) in [6.07, 6.45) is 0. The third-order valence-corrected chi connectivity index (χ3v) is 3.17. The van der Waals surface area contributed by atoms with Gasteiger partial charge >= 0.3 is 0 Å². The monoisotopic (exact) mass is 352 g/mol. The Morgan fingerprint density at radius 3 is 2.81 bits per heavy atom. The van der Waals surface area contributed by atoms with E-state index in [0.717, 1.165) is 16.1 Å². The Labute approximate surface area is 130 Å². The van der Waals surface area contributed by atoms with Gasteiger partial charge in [0.2, 0.25) is 5.91 Å². The number of benzene rings is 2. The van der Waals surface area contributed by atoms with Crippen LogP contribution in [-0.2, 0) is 16.1 Å². The van der Waals surface area contributed by atoms with Gasteiger partial charge in [-0.3, -0.25) is 4.79 Å². The topological polar surface area (TPSA) is 64.3 Å². The smallest absolute Gasteiger partial charge is 0.250 e. The van der Waals surface area contributed by atoms with E-state index >= 15 is 0 Å². The summed E-state index contributed by atoms with van der Waals surface area (Å²) in [6.45, 7) is 0.217. The Morgan fingerprint density at radius 1 is 1.29 bits per heavy atom. The number of halogens is 2. The average molecular weight is 353 g/mol. The van der Waals surface area contributed by atoms with E-state index in [1.807, 2.05) is 24.3 Å². The summed E-state index contributed by atoms with van der Waals surface area (Å²) in [4.78, 5) is 11.7. The molecule has 0 spiro atoms. The molecular weight excluding hydrogens is 339 g/mol. The van der Waals surface area contributed by atoms with E-state index in [9.17, 15) is 9.18 Å². The molecule has 4 nitrogen and oxygen atoms in total. The maximum absolute atomic E-state index is 12.9. The van der Waals surface area contributed by atoms with Gasteiger partial charge in [-0.2, -0.15) is 0 Å². The van der Waals surface area contributed by atoms with E-state index in [1.54, 1.807) is 0 Å². The quantitative estimate of drug-likeness (QED) is 0.811. The van der Waals surface area contributed by atoms with Gasteiger partial charge < -0.3 is 15.8 Å². The van der Waals surface area contributed by atoms with Gasteiger partial charge in [-0.25, -0.2) is 4.39 Å². The van der Waals surface area contributed by atoms with E-state index in [4.69, 9.17) is 10.5 Å². The molecule has 0 unspecified atom stereocenters. The lowest BCUT2D eigenvalue weighted by atomic mass is 10.2. The summed E-state index contributed by atoms with van der Waals surface area (Å²) in [5.74, 6) is -0.792. The molecule has 0 saturated heterocycles. The molecule has 0 aliphatic carbocycles. The second kappa shape index (κ2) is 7.19. The molecule has 2 aromatic rings. The Balaban J connectivity index is 1.82. The number of carbonyl (C=O) groups is 1. The fourth-order valence-electron chi connectivity index (χ4n) is 1.72. The van der Waals surface area contributed by atoms with Crippen molar-refractivity contribution in [3.05, 3.63) is 58.3 Å². The highest BCUT2D eigenvalue weighted by atomic mass is 79.9. The summed E-state index contributed by atoms with van der Waals surface area (Å²) in [5, 5.41) is 2.57. The molecule has 3 N–H and O–H groups in total. The van der Waals surface area contributed by atoms with Crippen LogP contribution in [0, 0.1) is 5.82 Å². The minimum Gasteiger partial charge on any atom is -0.397 e.